The van der Waals surface area contributed by atoms with E-state index < -0.39 is 0 Å². The van der Waals surface area contributed by atoms with Gasteiger partial charge in [0.15, 0.2) is 0 Å². The summed E-state index contributed by atoms with van der Waals surface area (Å²) < 4.78 is 2.37. The zero-order valence-electron chi connectivity index (χ0n) is 11.6. The summed E-state index contributed by atoms with van der Waals surface area (Å²) >= 11 is 6.10. The number of aryl methyl sites for hydroxylation is 1. The van der Waals surface area contributed by atoms with Crippen LogP contribution in [0.15, 0.2) is 18.2 Å². The Hall–Kier alpha value is -1.06. The number of piperidine rings is 1. The van der Waals surface area contributed by atoms with E-state index in [0.717, 1.165) is 24.4 Å². The van der Waals surface area contributed by atoms with E-state index in [9.17, 15) is 0 Å². The van der Waals surface area contributed by atoms with Crippen molar-refractivity contribution in [2.75, 3.05) is 20.1 Å². The third-order valence-electron chi connectivity index (χ3n) is 4.09. The summed E-state index contributed by atoms with van der Waals surface area (Å²) in [6.45, 7) is 4.41. The minimum absolute atomic E-state index is 0.486. The molecule has 1 aliphatic rings. The first-order chi connectivity index (χ1) is 9.19. The molecule has 0 atom stereocenters. The highest BCUT2D eigenvalue weighted by Crippen LogP contribution is 2.29. The van der Waals surface area contributed by atoms with Gasteiger partial charge in [-0.1, -0.05) is 6.07 Å². The Kier molecular flexibility index (Phi) is 3.50. The third kappa shape index (κ3) is 2.37. The Morgan fingerprint density at radius 1 is 1.32 bits per heavy atom. The number of aromatic nitrogens is 2. The number of halogens is 1. The van der Waals surface area contributed by atoms with Gasteiger partial charge in [0.05, 0.1) is 16.9 Å². The zero-order valence-corrected chi connectivity index (χ0v) is 12.3. The molecule has 0 bridgehead atoms. The molecule has 0 unspecified atom stereocenters. The van der Waals surface area contributed by atoms with Gasteiger partial charge in [-0.25, -0.2) is 4.98 Å². The molecule has 0 amide bonds. The first-order valence-corrected chi connectivity index (χ1v) is 7.44. The van der Waals surface area contributed by atoms with Gasteiger partial charge in [-0.2, -0.15) is 0 Å². The number of benzene rings is 1. The SMILES string of the molecule is Cc1ccc2c(c1)nc(CCl)n2C1CCN(C)CC1. The Balaban J connectivity index is 2.05. The molecule has 0 N–H and O–H groups in total. The van der Waals surface area contributed by atoms with Gasteiger partial charge in [-0.3, -0.25) is 0 Å². The van der Waals surface area contributed by atoms with Crippen molar-refractivity contribution in [3.05, 3.63) is 29.6 Å². The molecule has 0 saturated carbocycles. The van der Waals surface area contributed by atoms with E-state index >= 15 is 0 Å². The third-order valence-corrected chi connectivity index (χ3v) is 4.33. The predicted octanol–water partition coefficient (Wildman–Crippen LogP) is 3.35. The fourth-order valence-electron chi connectivity index (χ4n) is 3.01. The summed E-state index contributed by atoms with van der Waals surface area (Å²) in [5, 5.41) is 0. The van der Waals surface area contributed by atoms with Crippen molar-refractivity contribution in [3.8, 4) is 0 Å². The van der Waals surface area contributed by atoms with Crippen LogP contribution in [0.4, 0.5) is 0 Å². The Bertz CT molecular complexity index is 582. The molecule has 1 aromatic heterocycles. The van der Waals surface area contributed by atoms with Crippen LogP contribution in [0.2, 0.25) is 0 Å². The van der Waals surface area contributed by atoms with Gasteiger partial charge in [0.1, 0.15) is 5.82 Å². The summed E-state index contributed by atoms with van der Waals surface area (Å²) in [6, 6.07) is 7.04. The van der Waals surface area contributed by atoms with E-state index in [0.29, 0.717) is 11.9 Å². The maximum absolute atomic E-state index is 6.10. The number of hydrogen-bond donors (Lipinski definition) is 0. The van der Waals surface area contributed by atoms with Crippen LogP contribution in [0.25, 0.3) is 11.0 Å². The number of rotatable bonds is 2. The second-order valence-electron chi connectivity index (χ2n) is 5.56. The number of likely N-dealkylation sites (tertiary alicyclic amines) is 1. The molecule has 1 aliphatic heterocycles. The summed E-state index contributed by atoms with van der Waals surface area (Å²) in [4.78, 5) is 7.09. The first-order valence-electron chi connectivity index (χ1n) is 6.91. The van der Waals surface area contributed by atoms with Crippen molar-refractivity contribution < 1.29 is 0 Å². The van der Waals surface area contributed by atoms with Crippen LogP contribution < -0.4 is 0 Å². The number of nitrogens with zero attached hydrogens (tertiary/aromatic N) is 3. The van der Waals surface area contributed by atoms with Crippen LogP contribution in [0, 0.1) is 6.92 Å². The molecular formula is C15H20ClN3. The molecule has 0 radical (unpaired) electrons. The first kappa shape index (κ1) is 12.9. The summed E-state index contributed by atoms with van der Waals surface area (Å²) in [7, 11) is 2.19. The molecule has 3 rings (SSSR count). The van der Waals surface area contributed by atoms with Crippen molar-refractivity contribution in [2.45, 2.75) is 31.7 Å². The smallest absolute Gasteiger partial charge is 0.125 e. The lowest BCUT2D eigenvalue weighted by Crippen LogP contribution is -2.31. The summed E-state index contributed by atoms with van der Waals surface area (Å²) in [5.74, 6) is 1.50. The van der Waals surface area contributed by atoms with Crippen molar-refractivity contribution in [1.82, 2.24) is 14.5 Å². The highest BCUT2D eigenvalue weighted by Gasteiger charge is 2.22. The van der Waals surface area contributed by atoms with Crippen molar-refractivity contribution >= 4 is 22.6 Å². The van der Waals surface area contributed by atoms with Crippen LogP contribution >= 0.6 is 11.6 Å². The molecule has 19 heavy (non-hydrogen) atoms. The number of alkyl halides is 1. The Morgan fingerprint density at radius 2 is 2.05 bits per heavy atom. The van der Waals surface area contributed by atoms with Gasteiger partial charge in [-0.15, -0.1) is 11.6 Å². The number of imidazole rings is 1. The van der Waals surface area contributed by atoms with Crippen LogP contribution in [0.1, 0.15) is 30.3 Å². The van der Waals surface area contributed by atoms with Gasteiger partial charge in [0, 0.05) is 6.04 Å². The molecule has 3 nitrogen and oxygen atoms in total. The number of hydrogen-bond acceptors (Lipinski definition) is 2. The van der Waals surface area contributed by atoms with E-state index in [1.165, 1.54) is 23.9 Å². The molecule has 2 heterocycles. The van der Waals surface area contributed by atoms with E-state index in [4.69, 9.17) is 16.6 Å². The van der Waals surface area contributed by atoms with Gasteiger partial charge in [0.25, 0.3) is 0 Å². The molecule has 0 spiro atoms. The zero-order chi connectivity index (χ0) is 13.4. The van der Waals surface area contributed by atoms with E-state index in [1.54, 1.807) is 0 Å². The average Bonchev–Trinajstić information content (AvgIpc) is 2.77. The van der Waals surface area contributed by atoms with E-state index in [2.05, 4.69) is 41.6 Å². The van der Waals surface area contributed by atoms with Gasteiger partial charge < -0.3 is 9.47 Å². The monoisotopic (exact) mass is 277 g/mol. The van der Waals surface area contributed by atoms with Gasteiger partial charge in [0.2, 0.25) is 0 Å². The lowest BCUT2D eigenvalue weighted by atomic mass is 10.0. The van der Waals surface area contributed by atoms with Gasteiger partial charge in [-0.05, 0) is 57.6 Å². The molecule has 2 aromatic rings. The minimum Gasteiger partial charge on any atom is -0.324 e. The minimum atomic E-state index is 0.486. The molecule has 1 aromatic carbocycles. The van der Waals surface area contributed by atoms with Crippen molar-refractivity contribution in [2.24, 2.45) is 0 Å². The highest BCUT2D eigenvalue weighted by molar-refractivity contribution is 6.16. The van der Waals surface area contributed by atoms with Crippen molar-refractivity contribution in [1.29, 1.82) is 0 Å². The summed E-state index contributed by atoms with van der Waals surface area (Å²) in [5.41, 5.74) is 3.56. The van der Waals surface area contributed by atoms with Crippen LogP contribution in [-0.4, -0.2) is 34.6 Å². The molecule has 1 fully saturated rings. The van der Waals surface area contributed by atoms with E-state index in [1.807, 2.05) is 0 Å². The lowest BCUT2D eigenvalue weighted by molar-refractivity contribution is 0.222. The molecule has 1 saturated heterocycles. The van der Waals surface area contributed by atoms with Crippen molar-refractivity contribution in [3.63, 3.8) is 0 Å². The molecule has 4 heteroatoms. The quantitative estimate of drug-likeness (QED) is 0.785. The largest absolute Gasteiger partial charge is 0.324 e. The predicted molar refractivity (Wildman–Crippen MR) is 79.8 cm³/mol. The van der Waals surface area contributed by atoms with E-state index in [-0.39, 0.29) is 0 Å². The normalized spacial score (nSPS) is 18.3. The highest BCUT2D eigenvalue weighted by atomic mass is 35.5. The van der Waals surface area contributed by atoms with Crippen LogP contribution in [0.3, 0.4) is 0 Å². The lowest BCUT2D eigenvalue weighted by Gasteiger charge is -2.31. The summed E-state index contributed by atoms with van der Waals surface area (Å²) in [6.07, 6.45) is 2.36. The fraction of sp³-hybridized carbons (Fsp3) is 0.533. The topological polar surface area (TPSA) is 21.1 Å². The Labute approximate surface area is 119 Å². The Morgan fingerprint density at radius 3 is 2.74 bits per heavy atom. The molecular weight excluding hydrogens is 258 g/mol. The molecule has 0 aliphatic carbocycles. The maximum atomic E-state index is 6.10. The average molecular weight is 278 g/mol. The fourth-order valence-corrected chi connectivity index (χ4v) is 3.20. The van der Waals surface area contributed by atoms with Gasteiger partial charge >= 0.3 is 0 Å². The second kappa shape index (κ2) is 5.14. The molecule has 102 valence electrons. The van der Waals surface area contributed by atoms with Crippen LogP contribution in [0.5, 0.6) is 0 Å². The maximum Gasteiger partial charge on any atom is 0.125 e. The number of fused-ring (bicyclic) bond motifs is 1. The second-order valence-corrected chi connectivity index (χ2v) is 5.83. The standard InChI is InChI=1S/C15H20ClN3/c1-11-3-4-14-13(9-11)17-15(10-16)19(14)12-5-7-18(2)8-6-12/h3-4,9,12H,5-8,10H2,1-2H3. The van der Waals surface area contributed by atoms with Crippen LogP contribution in [-0.2, 0) is 5.88 Å².